The lowest BCUT2D eigenvalue weighted by Crippen LogP contribution is -2.57. The molecule has 1 aromatic rings. The molecule has 11 heteroatoms. The lowest BCUT2D eigenvalue weighted by atomic mass is 9.84. The summed E-state index contributed by atoms with van der Waals surface area (Å²) in [6, 6.07) is 5.70. The first-order valence-corrected chi connectivity index (χ1v) is 11.9. The maximum atomic E-state index is 13.3. The Morgan fingerprint density at radius 3 is 2.41 bits per heavy atom. The molecule has 1 unspecified atom stereocenters. The number of fused-ring (bicyclic) bond motifs is 3. The molecule has 3 saturated heterocycles. The first-order valence-electron chi connectivity index (χ1n) is 10.1. The molecule has 1 aromatic carbocycles. The van der Waals surface area contributed by atoms with Gasteiger partial charge in [0, 0.05) is 23.7 Å². The van der Waals surface area contributed by atoms with Crippen molar-refractivity contribution in [3.8, 4) is 0 Å². The zero-order chi connectivity index (χ0) is 22.8. The van der Waals surface area contributed by atoms with Crippen LogP contribution in [0.4, 0.5) is 4.39 Å². The third kappa shape index (κ3) is 5.11. The molecule has 1 amide bonds. The Bertz CT molecular complexity index is 976. The number of halogens is 1. The molecular formula is C21H22FN3O5S2. The van der Waals surface area contributed by atoms with Crippen LogP contribution in [0.3, 0.4) is 0 Å². The van der Waals surface area contributed by atoms with Gasteiger partial charge in [-0.05, 0) is 56.1 Å². The highest BCUT2D eigenvalue weighted by Gasteiger charge is 2.38. The number of hydrogen-bond acceptors (Lipinski definition) is 7. The number of carbonyl (C=O) groups excluding carboxylic acids is 1. The normalized spacial score (nSPS) is 27.2. The topological polar surface area (TPSA) is 110 Å². The minimum absolute atomic E-state index is 0.0391. The Labute approximate surface area is 192 Å². The van der Waals surface area contributed by atoms with Gasteiger partial charge >= 0.3 is 11.9 Å². The van der Waals surface area contributed by atoms with E-state index in [-0.39, 0.29) is 11.9 Å². The largest absolute Gasteiger partial charge is 0.478 e. The van der Waals surface area contributed by atoms with E-state index >= 15 is 0 Å². The molecule has 8 nitrogen and oxygen atoms in total. The maximum absolute atomic E-state index is 13.3. The van der Waals surface area contributed by atoms with E-state index in [4.69, 9.17) is 5.11 Å². The van der Waals surface area contributed by atoms with Crippen molar-refractivity contribution in [3.05, 3.63) is 53.0 Å². The Hall–Kier alpha value is -2.50. The van der Waals surface area contributed by atoms with Crippen LogP contribution >= 0.6 is 23.5 Å². The number of rotatable bonds is 7. The van der Waals surface area contributed by atoms with Crippen molar-refractivity contribution in [3.63, 3.8) is 0 Å². The number of amides is 1. The molecule has 32 heavy (non-hydrogen) atoms. The van der Waals surface area contributed by atoms with Crippen LogP contribution in [0.2, 0.25) is 0 Å². The number of carboxylic acids is 2. The molecule has 0 aliphatic carbocycles. The van der Waals surface area contributed by atoms with Gasteiger partial charge in [0.15, 0.2) is 0 Å². The number of benzene rings is 1. The highest BCUT2D eigenvalue weighted by atomic mass is 32.2. The van der Waals surface area contributed by atoms with E-state index < -0.39 is 28.2 Å². The van der Waals surface area contributed by atoms with Gasteiger partial charge in [0.2, 0.25) is 0 Å². The zero-order valence-corrected chi connectivity index (χ0v) is 18.6. The molecule has 5 rings (SSSR count). The number of nitrogens with zero attached hydrogens (tertiary/aromatic N) is 2. The average Bonchev–Trinajstić information content (AvgIpc) is 3.18. The van der Waals surface area contributed by atoms with Crippen LogP contribution in [-0.2, 0) is 14.4 Å². The van der Waals surface area contributed by atoms with Crippen LogP contribution in [0.15, 0.2) is 52.0 Å². The number of hydrogen-bond donors (Lipinski definition) is 3. The van der Waals surface area contributed by atoms with Gasteiger partial charge in [-0.15, -0.1) is 0 Å². The molecule has 3 N–H and O–H groups in total. The number of piperidine rings is 3. The Morgan fingerprint density at radius 2 is 1.84 bits per heavy atom. The van der Waals surface area contributed by atoms with Crippen LogP contribution in [0, 0.1) is 11.7 Å². The monoisotopic (exact) mass is 479 g/mol. The zero-order valence-electron chi connectivity index (χ0n) is 16.9. The SMILES string of the molecule is O=C(O)/C=C(\C(=O)O)N1C=C(C(=O)N[C@H]2CN3CCC2CC3)SC1Sc1ccc(F)cc1. The summed E-state index contributed by atoms with van der Waals surface area (Å²) in [5.41, 5.74) is -0.463. The lowest BCUT2D eigenvalue weighted by Gasteiger charge is -2.44. The molecule has 4 aliphatic rings. The standard InChI is InChI=1S/C21H22FN3O5S2/c22-13-1-3-14(4-2-13)31-21-25(16(20(29)30)9-18(26)27)11-17(32-21)19(28)23-15-10-24-7-5-12(15)6-8-24/h1-4,9,11-12,15,21H,5-8,10H2,(H,23,28)(H,26,27)(H,29,30)/b16-9+/t15-,21?/m0/s1. The molecule has 4 heterocycles. The second-order valence-electron chi connectivity index (χ2n) is 7.79. The van der Waals surface area contributed by atoms with Crippen LogP contribution in [0.5, 0.6) is 0 Å². The fourth-order valence-electron chi connectivity index (χ4n) is 4.12. The van der Waals surface area contributed by atoms with Gasteiger partial charge in [0.25, 0.3) is 5.91 Å². The molecule has 2 atom stereocenters. The highest BCUT2D eigenvalue weighted by Crippen LogP contribution is 2.44. The summed E-state index contributed by atoms with van der Waals surface area (Å²) in [5, 5.41) is 21.8. The van der Waals surface area contributed by atoms with Crippen molar-refractivity contribution in [2.45, 2.75) is 28.5 Å². The summed E-state index contributed by atoms with van der Waals surface area (Å²) < 4.78 is 12.6. The lowest BCUT2D eigenvalue weighted by molar-refractivity contribution is -0.136. The van der Waals surface area contributed by atoms with E-state index in [0.717, 1.165) is 44.2 Å². The number of thioether (sulfide) groups is 2. The first-order chi connectivity index (χ1) is 15.3. The summed E-state index contributed by atoms with van der Waals surface area (Å²) in [4.78, 5) is 40.5. The van der Waals surface area contributed by atoms with Gasteiger partial charge < -0.3 is 25.3 Å². The van der Waals surface area contributed by atoms with Crippen molar-refractivity contribution in [2.24, 2.45) is 5.92 Å². The Balaban J connectivity index is 1.55. The Kier molecular flexibility index (Phi) is 6.77. The summed E-state index contributed by atoms with van der Waals surface area (Å²) in [6.45, 7) is 2.88. The molecule has 3 fully saturated rings. The van der Waals surface area contributed by atoms with Crippen LogP contribution in [0.1, 0.15) is 12.8 Å². The first kappa shape index (κ1) is 22.7. The van der Waals surface area contributed by atoms with E-state index in [1.807, 2.05) is 0 Å². The van der Waals surface area contributed by atoms with Gasteiger partial charge in [-0.2, -0.15) is 0 Å². The van der Waals surface area contributed by atoms with Gasteiger partial charge in [0.05, 0.1) is 11.0 Å². The fraction of sp³-hybridized carbons (Fsp3) is 0.381. The van der Waals surface area contributed by atoms with Gasteiger partial charge in [-0.1, -0.05) is 23.5 Å². The third-order valence-corrected chi connectivity index (χ3v) is 8.24. The second kappa shape index (κ2) is 9.55. The van der Waals surface area contributed by atoms with E-state index in [0.29, 0.717) is 21.8 Å². The van der Waals surface area contributed by atoms with E-state index in [1.165, 1.54) is 35.0 Å². The van der Waals surface area contributed by atoms with Crippen LogP contribution < -0.4 is 5.32 Å². The summed E-state index contributed by atoms with van der Waals surface area (Å²) in [5.74, 6) is -3.11. The Morgan fingerprint density at radius 1 is 1.16 bits per heavy atom. The summed E-state index contributed by atoms with van der Waals surface area (Å²) >= 11 is 2.35. The van der Waals surface area contributed by atoms with Crippen molar-refractivity contribution in [2.75, 3.05) is 19.6 Å². The van der Waals surface area contributed by atoms with Crippen molar-refractivity contribution >= 4 is 41.4 Å². The minimum atomic E-state index is -1.42. The van der Waals surface area contributed by atoms with Crippen molar-refractivity contribution < 1.29 is 29.0 Å². The smallest absolute Gasteiger partial charge is 0.352 e. The quantitative estimate of drug-likeness (QED) is 0.508. The predicted molar refractivity (Wildman–Crippen MR) is 118 cm³/mol. The predicted octanol–water partition coefficient (Wildman–Crippen LogP) is 2.36. The van der Waals surface area contributed by atoms with Crippen LogP contribution in [0.25, 0.3) is 0 Å². The molecule has 0 spiro atoms. The van der Waals surface area contributed by atoms with Gasteiger partial charge in [-0.3, -0.25) is 4.79 Å². The molecular weight excluding hydrogens is 457 g/mol. The van der Waals surface area contributed by atoms with Gasteiger partial charge in [0.1, 0.15) is 16.2 Å². The summed E-state index contributed by atoms with van der Waals surface area (Å²) in [6.07, 6.45) is 4.06. The highest BCUT2D eigenvalue weighted by molar-refractivity contribution is 8.19. The van der Waals surface area contributed by atoms with Crippen molar-refractivity contribution in [1.82, 2.24) is 15.1 Å². The molecule has 0 aromatic heterocycles. The number of carboxylic acid groups (broad SMARTS) is 2. The molecule has 170 valence electrons. The van der Waals surface area contributed by atoms with E-state index in [1.54, 1.807) is 12.1 Å². The number of carbonyl (C=O) groups is 3. The number of nitrogens with one attached hydrogen (secondary N) is 1. The summed E-state index contributed by atoms with van der Waals surface area (Å²) in [7, 11) is 0. The third-order valence-electron chi connectivity index (χ3n) is 5.72. The second-order valence-corrected chi connectivity index (χ2v) is 10.4. The minimum Gasteiger partial charge on any atom is -0.478 e. The molecule has 2 bridgehead atoms. The molecule has 0 saturated carbocycles. The number of aliphatic carboxylic acids is 2. The van der Waals surface area contributed by atoms with Crippen molar-refractivity contribution in [1.29, 1.82) is 0 Å². The van der Waals surface area contributed by atoms with Crippen LogP contribution in [-0.4, -0.2) is 68.2 Å². The van der Waals surface area contributed by atoms with E-state index in [9.17, 15) is 23.9 Å². The average molecular weight is 480 g/mol. The van der Waals surface area contributed by atoms with E-state index in [2.05, 4.69) is 10.2 Å². The molecule has 4 aliphatic heterocycles. The molecule has 0 radical (unpaired) electrons. The maximum Gasteiger partial charge on any atom is 0.352 e. The van der Waals surface area contributed by atoms with Gasteiger partial charge in [-0.25, -0.2) is 14.0 Å². The fourth-order valence-corrected chi connectivity index (χ4v) is 6.62.